The van der Waals surface area contributed by atoms with Crippen LogP contribution in [0.4, 0.5) is 10.2 Å². The number of rotatable bonds is 10. The lowest BCUT2D eigenvalue weighted by molar-refractivity contribution is -0.142. The van der Waals surface area contributed by atoms with Crippen molar-refractivity contribution in [3.05, 3.63) is 84.2 Å². The lowest BCUT2D eigenvalue weighted by Crippen LogP contribution is -2.46. The molecule has 3 amide bonds. The van der Waals surface area contributed by atoms with E-state index in [2.05, 4.69) is 15.6 Å². The Morgan fingerprint density at radius 3 is 2.47 bits per heavy atom. The summed E-state index contributed by atoms with van der Waals surface area (Å²) in [6, 6.07) is 13.1. The van der Waals surface area contributed by atoms with E-state index < -0.39 is 17.8 Å². The average molecular weight is 493 g/mol. The maximum Gasteiger partial charge on any atom is 0.247 e. The van der Waals surface area contributed by atoms with E-state index in [1.165, 1.54) is 35.4 Å². The fourth-order valence-corrected chi connectivity index (χ4v) is 4.37. The minimum Gasteiger partial charge on any atom is -0.467 e. The molecule has 0 saturated heterocycles. The zero-order valence-electron chi connectivity index (χ0n) is 19.9. The number of nitrogens with one attached hydrogen (secondary N) is 2. The summed E-state index contributed by atoms with van der Waals surface area (Å²) in [5.74, 6) is -0.674. The van der Waals surface area contributed by atoms with Crippen molar-refractivity contribution < 1.29 is 23.2 Å². The second-order valence-electron chi connectivity index (χ2n) is 8.81. The number of amides is 3. The lowest BCUT2D eigenvalue weighted by Gasteiger charge is -2.32. The Morgan fingerprint density at radius 2 is 1.81 bits per heavy atom. The van der Waals surface area contributed by atoms with Crippen LogP contribution in [0.3, 0.4) is 0 Å². The summed E-state index contributed by atoms with van der Waals surface area (Å²) < 4.78 is 19.2. The summed E-state index contributed by atoms with van der Waals surface area (Å²) in [6.45, 7) is 0.0216. The molecular weight excluding hydrogens is 463 g/mol. The molecular formula is C27H29FN4O4. The van der Waals surface area contributed by atoms with E-state index in [1.54, 1.807) is 36.5 Å². The highest BCUT2D eigenvalue weighted by Crippen LogP contribution is 2.27. The normalized spacial score (nSPS) is 14.2. The van der Waals surface area contributed by atoms with Gasteiger partial charge in [0.05, 0.1) is 12.8 Å². The summed E-state index contributed by atoms with van der Waals surface area (Å²) in [5, 5.41) is 5.72. The number of halogens is 1. The van der Waals surface area contributed by atoms with E-state index in [-0.39, 0.29) is 37.2 Å². The third kappa shape index (κ3) is 6.78. The molecule has 1 aromatic carbocycles. The molecule has 1 aliphatic rings. The van der Waals surface area contributed by atoms with Crippen LogP contribution in [0.25, 0.3) is 0 Å². The fourth-order valence-electron chi connectivity index (χ4n) is 4.37. The van der Waals surface area contributed by atoms with E-state index in [1.807, 2.05) is 0 Å². The molecule has 1 saturated carbocycles. The van der Waals surface area contributed by atoms with Crippen LogP contribution in [0.15, 0.2) is 71.5 Å². The maximum absolute atomic E-state index is 13.7. The van der Waals surface area contributed by atoms with Gasteiger partial charge in [-0.05, 0) is 54.8 Å². The van der Waals surface area contributed by atoms with Crippen molar-refractivity contribution in [1.82, 2.24) is 15.2 Å². The van der Waals surface area contributed by atoms with Crippen LogP contribution in [0.2, 0.25) is 0 Å². The summed E-state index contributed by atoms with van der Waals surface area (Å²) in [7, 11) is 0. The van der Waals surface area contributed by atoms with Gasteiger partial charge >= 0.3 is 0 Å². The van der Waals surface area contributed by atoms with Crippen LogP contribution < -0.4 is 10.6 Å². The van der Waals surface area contributed by atoms with E-state index >= 15 is 0 Å². The number of hydrogen-bond acceptors (Lipinski definition) is 5. The summed E-state index contributed by atoms with van der Waals surface area (Å²) in [5.41, 5.74) is 0.477. The molecule has 2 aromatic heterocycles. The molecule has 0 radical (unpaired) electrons. The monoisotopic (exact) mass is 492 g/mol. The number of anilines is 1. The summed E-state index contributed by atoms with van der Waals surface area (Å²) in [6.07, 6.45) is 6.65. The Bertz CT molecular complexity index is 1150. The van der Waals surface area contributed by atoms with Crippen molar-refractivity contribution in [3.8, 4) is 0 Å². The van der Waals surface area contributed by atoms with E-state index in [4.69, 9.17) is 4.42 Å². The molecule has 1 aliphatic carbocycles. The largest absolute Gasteiger partial charge is 0.467 e. The molecule has 2 heterocycles. The zero-order chi connectivity index (χ0) is 25.3. The van der Waals surface area contributed by atoms with Crippen LogP contribution in [-0.4, -0.2) is 33.6 Å². The molecule has 9 heteroatoms. The standard InChI is InChI=1S/C27H29FN4O4/c28-20-12-10-19(11-13-20)26(27(35)30-21-6-1-2-7-21)32(18-22-8-5-17-36-22)25(34)15-14-24(33)31-23-9-3-4-16-29-23/h3-5,8-13,16-17,21,26H,1-2,6-7,14-15,18H2,(H,30,35)(H,29,31,33)/t26-/m1/s1. The number of furan rings is 1. The highest BCUT2D eigenvalue weighted by Gasteiger charge is 2.33. The van der Waals surface area contributed by atoms with Gasteiger partial charge in [-0.25, -0.2) is 9.37 Å². The number of hydrogen-bond donors (Lipinski definition) is 2. The Kier molecular flexibility index (Phi) is 8.44. The van der Waals surface area contributed by atoms with Gasteiger partial charge in [0.1, 0.15) is 23.4 Å². The lowest BCUT2D eigenvalue weighted by atomic mass is 10.0. The first kappa shape index (κ1) is 25.1. The van der Waals surface area contributed by atoms with Crippen molar-refractivity contribution in [3.63, 3.8) is 0 Å². The first-order valence-corrected chi connectivity index (χ1v) is 12.1. The van der Waals surface area contributed by atoms with E-state index in [0.29, 0.717) is 17.1 Å². The number of carbonyl (C=O) groups is 3. The number of carbonyl (C=O) groups excluding carboxylic acids is 3. The van der Waals surface area contributed by atoms with Crippen LogP contribution in [-0.2, 0) is 20.9 Å². The highest BCUT2D eigenvalue weighted by molar-refractivity contribution is 5.94. The Balaban J connectivity index is 1.55. The number of nitrogens with zero attached hydrogens (tertiary/aromatic N) is 2. The van der Waals surface area contributed by atoms with Crippen molar-refractivity contribution in [2.75, 3.05) is 5.32 Å². The molecule has 1 fully saturated rings. The number of aromatic nitrogens is 1. The van der Waals surface area contributed by atoms with Gasteiger partial charge in [-0.2, -0.15) is 0 Å². The third-order valence-corrected chi connectivity index (χ3v) is 6.17. The molecule has 1 atom stereocenters. The van der Waals surface area contributed by atoms with Crippen molar-refractivity contribution >= 4 is 23.5 Å². The Labute approximate surface area is 208 Å². The van der Waals surface area contributed by atoms with E-state index in [0.717, 1.165) is 25.7 Å². The second kappa shape index (κ2) is 12.1. The molecule has 2 N–H and O–H groups in total. The molecule has 36 heavy (non-hydrogen) atoms. The highest BCUT2D eigenvalue weighted by atomic mass is 19.1. The molecule has 0 unspecified atom stereocenters. The quantitative estimate of drug-likeness (QED) is 0.438. The van der Waals surface area contributed by atoms with Gasteiger partial charge in [-0.15, -0.1) is 0 Å². The van der Waals surface area contributed by atoms with Crippen molar-refractivity contribution in [1.29, 1.82) is 0 Å². The number of benzene rings is 1. The van der Waals surface area contributed by atoms with Gasteiger partial charge in [-0.3, -0.25) is 14.4 Å². The first-order chi connectivity index (χ1) is 17.5. The van der Waals surface area contributed by atoms with Crippen LogP contribution in [0.1, 0.15) is 55.9 Å². The van der Waals surface area contributed by atoms with Crippen LogP contribution in [0.5, 0.6) is 0 Å². The fraction of sp³-hybridized carbons (Fsp3) is 0.333. The minimum absolute atomic E-state index is 0.0216. The predicted molar refractivity (Wildman–Crippen MR) is 131 cm³/mol. The average Bonchev–Trinajstić information content (AvgIpc) is 3.58. The van der Waals surface area contributed by atoms with Gasteiger partial charge in [-0.1, -0.05) is 31.0 Å². The van der Waals surface area contributed by atoms with Gasteiger partial charge in [0.2, 0.25) is 17.7 Å². The van der Waals surface area contributed by atoms with Crippen molar-refractivity contribution in [2.45, 2.75) is 57.2 Å². The van der Waals surface area contributed by atoms with Crippen molar-refractivity contribution in [2.24, 2.45) is 0 Å². The van der Waals surface area contributed by atoms with Gasteiger partial charge in [0.15, 0.2) is 0 Å². The van der Waals surface area contributed by atoms with E-state index in [9.17, 15) is 18.8 Å². The molecule has 0 aliphatic heterocycles. The van der Waals surface area contributed by atoms with Gasteiger partial charge in [0, 0.05) is 25.1 Å². The molecule has 3 aromatic rings. The van der Waals surface area contributed by atoms with Gasteiger partial charge in [0.25, 0.3) is 0 Å². The van der Waals surface area contributed by atoms with Crippen LogP contribution >= 0.6 is 0 Å². The minimum atomic E-state index is -1.01. The molecule has 0 bridgehead atoms. The third-order valence-electron chi connectivity index (χ3n) is 6.17. The summed E-state index contributed by atoms with van der Waals surface area (Å²) >= 11 is 0. The first-order valence-electron chi connectivity index (χ1n) is 12.1. The Hall–Kier alpha value is -4.01. The molecule has 188 valence electrons. The topological polar surface area (TPSA) is 105 Å². The molecule has 8 nitrogen and oxygen atoms in total. The summed E-state index contributed by atoms with van der Waals surface area (Å²) in [4.78, 5) is 44.9. The van der Waals surface area contributed by atoms with Crippen LogP contribution in [0, 0.1) is 5.82 Å². The SMILES string of the molecule is O=C(CCC(=O)N(Cc1ccco1)[C@@H](C(=O)NC1CCCC1)c1ccc(F)cc1)Nc1ccccn1. The molecule has 0 spiro atoms. The second-order valence-corrected chi connectivity index (χ2v) is 8.81. The van der Waals surface area contributed by atoms with Gasteiger partial charge < -0.3 is 20.0 Å². The zero-order valence-corrected chi connectivity index (χ0v) is 19.9. The maximum atomic E-state index is 13.7. The smallest absolute Gasteiger partial charge is 0.247 e. The Morgan fingerprint density at radius 1 is 1.03 bits per heavy atom. The molecule has 4 rings (SSSR count). The predicted octanol–water partition coefficient (Wildman–Crippen LogP) is 4.36. The number of pyridine rings is 1.